The van der Waals surface area contributed by atoms with Crippen LogP contribution >= 0.6 is 0 Å². The van der Waals surface area contributed by atoms with E-state index in [0.29, 0.717) is 0 Å². The largest absolute Gasteiger partial charge is 1.00 e. The first-order valence-corrected chi connectivity index (χ1v) is 3.53. The number of likely N-dealkylation sites (tertiary alicyclic amines) is 1. The zero-order valence-electron chi connectivity index (χ0n) is 6.36. The standard InChI is InChI=1S/C7H16N.ClH/c1-8(2)6-4-3-5-7-8;/h3-7H2,1-2H3;1H/q+1;/p-1. The fraction of sp³-hybridized carbons (Fsp3) is 1.00. The monoisotopic (exact) mass is 149 g/mol. The number of piperidine rings is 1. The van der Waals surface area contributed by atoms with Crippen molar-refractivity contribution in [2.24, 2.45) is 0 Å². The molecule has 0 N–H and O–H groups in total. The van der Waals surface area contributed by atoms with Crippen molar-refractivity contribution >= 4 is 0 Å². The molecule has 0 amide bonds. The van der Waals surface area contributed by atoms with Crippen LogP contribution in [-0.4, -0.2) is 31.7 Å². The van der Waals surface area contributed by atoms with Crippen LogP contribution < -0.4 is 12.4 Å². The van der Waals surface area contributed by atoms with Crippen molar-refractivity contribution in [1.82, 2.24) is 0 Å². The topological polar surface area (TPSA) is 0 Å². The quantitative estimate of drug-likeness (QED) is 0.359. The Morgan fingerprint density at radius 2 is 1.33 bits per heavy atom. The van der Waals surface area contributed by atoms with Gasteiger partial charge >= 0.3 is 0 Å². The summed E-state index contributed by atoms with van der Waals surface area (Å²) in [4.78, 5) is 0. The average Bonchev–Trinajstić information content (AvgIpc) is 1.65. The lowest BCUT2D eigenvalue weighted by Crippen LogP contribution is -3.00. The van der Waals surface area contributed by atoms with E-state index < -0.39 is 0 Å². The Balaban J connectivity index is 0.000000640. The normalized spacial score (nSPS) is 24.7. The fourth-order valence-electron chi connectivity index (χ4n) is 1.37. The molecule has 0 radical (unpaired) electrons. The van der Waals surface area contributed by atoms with Gasteiger partial charge in [-0.05, 0) is 19.3 Å². The zero-order valence-corrected chi connectivity index (χ0v) is 7.12. The van der Waals surface area contributed by atoms with Crippen LogP contribution in [0.1, 0.15) is 19.3 Å². The van der Waals surface area contributed by atoms with Crippen LogP contribution in [0.25, 0.3) is 0 Å². The highest BCUT2D eigenvalue weighted by molar-refractivity contribution is 4.47. The smallest absolute Gasteiger partial charge is 0.0782 e. The number of quaternary nitrogens is 1. The minimum absolute atomic E-state index is 0. The van der Waals surface area contributed by atoms with Crippen LogP contribution in [0.3, 0.4) is 0 Å². The van der Waals surface area contributed by atoms with Crippen LogP contribution in [0.2, 0.25) is 0 Å². The van der Waals surface area contributed by atoms with E-state index in [1.165, 1.54) is 36.8 Å². The molecule has 1 fully saturated rings. The molecule has 0 bridgehead atoms. The van der Waals surface area contributed by atoms with Crippen LogP contribution in [-0.2, 0) is 0 Å². The van der Waals surface area contributed by atoms with Gasteiger partial charge < -0.3 is 16.9 Å². The fourth-order valence-corrected chi connectivity index (χ4v) is 1.37. The van der Waals surface area contributed by atoms with Gasteiger partial charge in [0.05, 0.1) is 27.2 Å². The summed E-state index contributed by atoms with van der Waals surface area (Å²) in [6.45, 7) is 2.78. The molecule has 2 heteroatoms. The lowest BCUT2D eigenvalue weighted by atomic mass is 10.1. The molecule has 1 aliphatic rings. The van der Waals surface area contributed by atoms with Gasteiger partial charge in [0.1, 0.15) is 0 Å². The highest BCUT2D eigenvalue weighted by Gasteiger charge is 2.17. The number of rotatable bonds is 0. The maximum Gasteiger partial charge on any atom is 0.0782 e. The maximum absolute atomic E-state index is 2.32. The molecule has 1 aliphatic heterocycles. The molecule has 0 aromatic rings. The van der Waals surface area contributed by atoms with Gasteiger partial charge in [-0.2, -0.15) is 0 Å². The van der Waals surface area contributed by atoms with Crippen molar-refractivity contribution in [2.75, 3.05) is 27.2 Å². The van der Waals surface area contributed by atoms with Gasteiger partial charge in [0, 0.05) is 0 Å². The van der Waals surface area contributed by atoms with Crippen LogP contribution in [0.4, 0.5) is 0 Å². The summed E-state index contributed by atoms with van der Waals surface area (Å²) in [5.74, 6) is 0. The first kappa shape index (κ1) is 9.25. The van der Waals surface area contributed by atoms with Crippen molar-refractivity contribution in [3.63, 3.8) is 0 Å². The molecule has 0 aromatic carbocycles. The lowest BCUT2D eigenvalue weighted by Gasteiger charge is -2.33. The van der Waals surface area contributed by atoms with Crippen LogP contribution in [0, 0.1) is 0 Å². The Bertz CT molecular complexity index is 73.0. The Morgan fingerprint density at radius 3 is 1.56 bits per heavy atom. The average molecular weight is 150 g/mol. The number of nitrogens with zero attached hydrogens (tertiary/aromatic N) is 1. The summed E-state index contributed by atoms with van der Waals surface area (Å²) >= 11 is 0. The van der Waals surface area contributed by atoms with E-state index >= 15 is 0 Å². The third kappa shape index (κ3) is 3.07. The Morgan fingerprint density at radius 1 is 0.889 bits per heavy atom. The Labute approximate surface area is 64.0 Å². The molecule has 1 heterocycles. The summed E-state index contributed by atoms with van der Waals surface area (Å²) < 4.78 is 1.25. The van der Waals surface area contributed by atoms with Gasteiger partial charge in [0.15, 0.2) is 0 Å². The highest BCUT2D eigenvalue weighted by atomic mass is 35.5. The molecule has 0 aromatic heterocycles. The molecule has 0 atom stereocenters. The van der Waals surface area contributed by atoms with E-state index in [0.717, 1.165) is 0 Å². The Hall–Kier alpha value is 0.250. The summed E-state index contributed by atoms with van der Waals surface area (Å²) in [5, 5.41) is 0. The molecule has 0 saturated carbocycles. The SMILES string of the molecule is C[N+]1(C)CCCCC1.[Cl-]. The van der Waals surface area contributed by atoms with Crippen LogP contribution in [0.15, 0.2) is 0 Å². The van der Waals surface area contributed by atoms with Gasteiger partial charge in [-0.25, -0.2) is 0 Å². The molecule has 1 rings (SSSR count). The maximum atomic E-state index is 2.32. The predicted molar refractivity (Wildman–Crippen MR) is 35.7 cm³/mol. The third-order valence-corrected chi connectivity index (χ3v) is 2.03. The van der Waals surface area contributed by atoms with Crippen LogP contribution in [0.5, 0.6) is 0 Å². The molecule has 56 valence electrons. The van der Waals surface area contributed by atoms with Crippen molar-refractivity contribution in [1.29, 1.82) is 0 Å². The second kappa shape index (κ2) is 3.43. The van der Waals surface area contributed by atoms with Gasteiger partial charge in [0.25, 0.3) is 0 Å². The van der Waals surface area contributed by atoms with Gasteiger partial charge in [0.2, 0.25) is 0 Å². The Kier molecular flexibility index (Phi) is 3.52. The van der Waals surface area contributed by atoms with Crippen molar-refractivity contribution in [3.05, 3.63) is 0 Å². The predicted octanol–water partition coefficient (Wildman–Crippen LogP) is -1.75. The summed E-state index contributed by atoms with van der Waals surface area (Å²) in [6, 6.07) is 0. The molecule has 1 saturated heterocycles. The second-order valence-corrected chi connectivity index (χ2v) is 3.44. The molecule has 0 unspecified atom stereocenters. The summed E-state index contributed by atoms with van der Waals surface area (Å²) in [6.07, 6.45) is 4.34. The minimum atomic E-state index is 0. The summed E-state index contributed by atoms with van der Waals surface area (Å²) in [7, 11) is 4.64. The lowest BCUT2D eigenvalue weighted by molar-refractivity contribution is -0.894. The molecule has 0 spiro atoms. The van der Waals surface area contributed by atoms with Gasteiger partial charge in [-0.15, -0.1) is 0 Å². The third-order valence-electron chi connectivity index (χ3n) is 2.03. The molecule has 1 nitrogen and oxygen atoms in total. The van der Waals surface area contributed by atoms with Gasteiger partial charge in [-0.1, -0.05) is 0 Å². The number of halogens is 1. The zero-order chi connectivity index (χ0) is 6.04. The first-order valence-electron chi connectivity index (χ1n) is 3.53. The van der Waals surface area contributed by atoms with E-state index in [9.17, 15) is 0 Å². The molecular formula is C7H16ClN. The molecular weight excluding hydrogens is 134 g/mol. The van der Waals surface area contributed by atoms with Crippen molar-refractivity contribution in [3.8, 4) is 0 Å². The van der Waals surface area contributed by atoms with E-state index in [1.807, 2.05) is 0 Å². The highest BCUT2D eigenvalue weighted by Crippen LogP contribution is 2.11. The number of hydrogen-bond donors (Lipinski definition) is 0. The van der Waals surface area contributed by atoms with E-state index in [-0.39, 0.29) is 12.4 Å². The molecule has 0 aliphatic carbocycles. The first-order chi connectivity index (χ1) is 3.71. The minimum Gasteiger partial charge on any atom is -1.00 e. The number of hydrogen-bond acceptors (Lipinski definition) is 0. The van der Waals surface area contributed by atoms with Crippen molar-refractivity contribution < 1.29 is 16.9 Å². The van der Waals surface area contributed by atoms with Gasteiger partial charge in [-0.3, -0.25) is 0 Å². The van der Waals surface area contributed by atoms with E-state index in [4.69, 9.17) is 0 Å². The summed E-state index contributed by atoms with van der Waals surface area (Å²) in [5.41, 5.74) is 0. The molecule has 9 heavy (non-hydrogen) atoms. The van der Waals surface area contributed by atoms with E-state index in [1.54, 1.807) is 0 Å². The second-order valence-electron chi connectivity index (χ2n) is 3.44. The van der Waals surface area contributed by atoms with Crippen molar-refractivity contribution in [2.45, 2.75) is 19.3 Å². The van der Waals surface area contributed by atoms with E-state index in [2.05, 4.69) is 14.1 Å².